The molecule has 0 amide bonds. The first-order valence-electron chi connectivity index (χ1n) is 3.29. The summed E-state index contributed by atoms with van der Waals surface area (Å²) in [7, 11) is 0. The van der Waals surface area contributed by atoms with Crippen LogP contribution in [0.3, 0.4) is 0 Å². The van der Waals surface area contributed by atoms with E-state index in [-0.39, 0.29) is 6.61 Å². The van der Waals surface area contributed by atoms with E-state index in [9.17, 15) is 0 Å². The third-order valence-electron chi connectivity index (χ3n) is 1.53. The van der Waals surface area contributed by atoms with E-state index in [1.807, 2.05) is 10.6 Å². The summed E-state index contributed by atoms with van der Waals surface area (Å²) in [5.41, 5.74) is 1.33. The molecule has 0 bridgehead atoms. The summed E-state index contributed by atoms with van der Waals surface area (Å²) in [5.74, 6) is 0. The standard InChI is InChI=1S/C7H7N3O/c11-5-6-7-9-2-4-10(7)3-1-8-6/h1-4,11H,5H2. The van der Waals surface area contributed by atoms with Crippen molar-refractivity contribution in [1.29, 1.82) is 0 Å². The number of aliphatic hydroxyl groups excluding tert-OH is 1. The van der Waals surface area contributed by atoms with Crippen molar-refractivity contribution in [2.24, 2.45) is 0 Å². The lowest BCUT2D eigenvalue weighted by Crippen LogP contribution is -1.94. The van der Waals surface area contributed by atoms with Gasteiger partial charge in [-0.05, 0) is 0 Å². The molecule has 1 N–H and O–H groups in total. The number of aromatic nitrogens is 3. The van der Waals surface area contributed by atoms with Crippen LogP contribution in [0.15, 0.2) is 24.8 Å². The molecule has 0 unspecified atom stereocenters. The van der Waals surface area contributed by atoms with Crippen molar-refractivity contribution < 1.29 is 5.11 Å². The first-order chi connectivity index (χ1) is 5.42. The Bertz CT molecular complexity index is 368. The maximum absolute atomic E-state index is 8.84. The second-order valence-corrected chi connectivity index (χ2v) is 2.19. The minimum atomic E-state index is -0.0681. The third kappa shape index (κ3) is 0.877. The van der Waals surface area contributed by atoms with Crippen molar-refractivity contribution in [3.05, 3.63) is 30.5 Å². The van der Waals surface area contributed by atoms with Gasteiger partial charge in [0.25, 0.3) is 0 Å². The van der Waals surface area contributed by atoms with E-state index >= 15 is 0 Å². The van der Waals surface area contributed by atoms with E-state index in [4.69, 9.17) is 5.11 Å². The Hall–Kier alpha value is -1.42. The molecule has 4 heteroatoms. The average Bonchev–Trinajstić information content (AvgIpc) is 2.50. The van der Waals surface area contributed by atoms with Gasteiger partial charge in [-0.15, -0.1) is 0 Å². The van der Waals surface area contributed by atoms with Crippen molar-refractivity contribution in [2.45, 2.75) is 6.61 Å². The fraction of sp³-hybridized carbons (Fsp3) is 0.143. The molecular weight excluding hydrogens is 142 g/mol. The van der Waals surface area contributed by atoms with Crippen molar-refractivity contribution in [2.75, 3.05) is 0 Å². The normalized spacial score (nSPS) is 10.6. The van der Waals surface area contributed by atoms with Gasteiger partial charge >= 0.3 is 0 Å². The van der Waals surface area contributed by atoms with E-state index in [1.54, 1.807) is 18.6 Å². The molecule has 2 rings (SSSR count). The third-order valence-corrected chi connectivity index (χ3v) is 1.53. The number of fused-ring (bicyclic) bond motifs is 1. The summed E-state index contributed by atoms with van der Waals surface area (Å²) in [6, 6.07) is 0. The molecule has 0 radical (unpaired) electrons. The Balaban J connectivity index is 2.79. The molecule has 2 aromatic rings. The van der Waals surface area contributed by atoms with Crippen LogP contribution in [-0.4, -0.2) is 19.5 Å². The number of nitrogens with zero attached hydrogens (tertiary/aromatic N) is 3. The molecule has 56 valence electrons. The van der Waals surface area contributed by atoms with Crippen LogP contribution in [0.4, 0.5) is 0 Å². The fourth-order valence-corrected chi connectivity index (χ4v) is 1.02. The van der Waals surface area contributed by atoms with Crippen molar-refractivity contribution in [3.63, 3.8) is 0 Å². The molecule has 0 aliphatic carbocycles. The average molecular weight is 149 g/mol. The van der Waals surface area contributed by atoms with E-state index in [0.717, 1.165) is 5.65 Å². The van der Waals surface area contributed by atoms with Gasteiger partial charge in [0.2, 0.25) is 0 Å². The van der Waals surface area contributed by atoms with Crippen LogP contribution in [0.2, 0.25) is 0 Å². The number of imidazole rings is 1. The monoisotopic (exact) mass is 149 g/mol. The summed E-state index contributed by atoms with van der Waals surface area (Å²) in [5, 5.41) is 8.84. The molecule has 0 spiro atoms. The topological polar surface area (TPSA) is 50.4 Å². The second-order valence-electron chi connectivity index (χ2n) is 2.19. The Morgan fingerprint density at radius 2 is 2.00 bits per heavy atom. The predicted octanol–water partition coefficient (Wildman–Crippen LogP) is 0.222. The van der Waals surface area contributed by atoms with Crippen molar-refractivity contribution in [1.82, 2.24) is 14.4 Å². The minimum Gasteiger partial charge on any atom is -0.390 e. The molecule has 0 aromatic carbocycles. The summed E-state index contributed by atoms with van der Waals surface area (Å²) in [4.78, 5) is 7.99. The Morgan fingerprint density at radius 3 is 2.73 bits per heavy atom. The highest BCUT2D eigenvalue weighted by Gasteiger charge is 1.99. The summed E-state index contributed by atoms with van der Waals surface area (Å²) in [6.45, 7) is -0.0681. The van der Waals surface area contributed by atoms with Crippen LogP contribution >= 0.6 is 0 Å². The number of rotatable bonds is 1. The molecule has 0 aliphatic heterocycles. The van der Waals surface area contributed by atoms with Crippen LogP contribution in [0.5, 0.6) is 0 Å². The fourth-order valence-electron chi connectivity index (χ4n) is 1.02. The molecule has 0 saturated heterocycles. The Morgan fingerprint density at radius 1 is 1.27 bits per heavy atom. The van der Waals surface area contributed by atoms with Gasteiger partial charge in [0, 0.05) is 24.8 Å². The van der Waals surface area contributed by atoms with Gasteiger partial charge in [0.15, 0.2) is 5.65 Å². The van der Waals surface area contributed by atoms with Gasteiger partial charge in [0.05, 0.1) is 6.61 Å². The zero-order chi connectivity index (χ0) is 7.68. The first kappa shape index (κ1) is 6.30. The Kier molecular flexibility index (Phi) is 1.33. The number of hydrogen-bond donors (Lipinski definition) is 1. The summed E-state index contributed by atoms with van der Waals surface area (Å²) >= 11 is 0. The second kappa shape index (κ2) is 2.32. The van der Waals surface area contributed by atoms with E-state index in [1.165, 1.54) is 0 Å². The highest BCUT2D eigenvalue weighted by molar-refractivity contribution is 5.42. The molecular formula is C7H7N3O. The largest absolute Gasteiger partial charge is 0.390 e. The van der Waals surface area contributed by atoms with E-state index in [2.05, 4.69) is 9.97 Å². The number of aliphatic hydroxyl groups is 1. The van der Waals surface area contributed by atoms with Crippen LogP contribution in [0.1, 0.15) is 5.69 Å². The maximum atomic E-state index is 8.84. The SMILES string of the molecule is OCc1nccn2ccnc12. The van der Waals surface area contributed by atoms with Crippen LogP contribution in [0.25, 0.3) is 5.65 Å². The zero-order valence-corrected chi connectivity index (χ0v) is 5.81. The highest BCUT2D eigenvalue weighted by atomic mass is 16.3. The van der Waals surface area contributed by atoms with Crippen molar-refractivity contribution in [3.8, 4) is 0 Å². The molecule has 2 aromatic heterocycles. The van der Waals surface area contributed by atoms with Crippen LogP contribution < -0.4 is 0 Å². The minimum absolute atomic E-state index is 0.0681. The quantitative estimate of drug-likeness (QED) is 0.631. The van der Waals surface area contributed by atoms with Gasteiger partial charge < -0.3 is 9.51 Å². The molecule has 11 heavy (non-hydrogen) atoms. The van der Waals surface area contributed by atoms with Crippen LogP contribution in [0, 0.1) is 0 Å². The van der Waals surface area contributed by atoms with Gasteiger partial charge in [-0.3, -0.25) is 4.98 Å². The Labute approximate surface area is 63.1 Å². The maximum Gasteiger partial charge on any atom is 0.160 e. The molecule has 0 aliphatic rings. The van der Waals surface area contributed by atoms with Gasteiger partial charge in [-0.1, -0.05) is 0 Å². The highest BCUT2D eigenvalue weighted by Crippen LogP contribution is 2.03. The van der Waals surface area contributed by atoms with E-state index < -0.39 is 0 Å². The predicted molar refractivity (Wildman–Crippen MR) is 38.9 cm³/mol. The smallest absolute Gasteiger partial charge is 0.160 e. The molecule has 0 saturated carbocycles. The lowest BCUT2D eigenvalue weighted by molar-refractivity contribution is 0.278. The molecule has 2 heterocycles. The van der Waals surface area contributed by atoms with Gasteiger partial charge in [-0.25, -0.2) is 4.98 Å². The lowest BCUT2D eigenvalue weighted by atomic mass is 10.4. The van der Waals surface area contributed by atoms with Crippen molar-refractivity contribution >= 4 is 5.65 Å². The van der Waals surface area contributed by atoms with E-state index in [0.29, 0.717) is 5.69 Å². The first-order valence-corrected chi connectivity index (χ1v) is 3.29. The summed E-state index contributed by atoms with van der Waals surface area (Å²) in [6.07, 6.45) is 6.92. The molecule has 0 atom stereocenters. The zero-order valence-electron chi connectivity index (χ0n) is 5.81. The number of hydrogen-bond acceptors (Lipinski definition) is 3. The van der Waals surface area contributed by atoms with Gasteiger partial charge in [0.1, 0.15) is 5.69 Å². The molecule has 0 fully saturated rings. The molecule has 4 nitrogen and oxygen atoms in total. The lowest BCUT2D eigenvalue weighted by Gasteiger charge is -1.96. The van der Waals surface area contributed by atoms with Gasteiger partial charge in [-0.2, -0.15) is 0 Å². The van der Waals surface area contributed by atoms with Crippen LogP contribution in [-0.2, 0) is 6.61 Å². The summed E-state index contributed by atoms with van der Waals surface area (Å²) < 4.78 is 1.82.